The van der Waals surface area contributed by atoms with Crippen molar-refractivity contribution in [1.82, 2.24) is 4.57 Å². The number of carbonyl (C=O) groups is 1. The lowest BCUT2D eigenvalue weighted by atomic mass is 9.91. The van der Waals surface area contributed by atoms with Crippen molar-refractivity contribution in [3.63, 3.8) is 0 Å². The van der Waals surface area contributed by atoms with Gasteiger partial charge in [-0.15, -0.1) is 0 Å². The molecule has 27 heavy (non-hydrogen) atoms. The van der Waals surface area contributed by atoms with Crippen molar-refractivity contribution in [1.29, 1.82) is 0 Å². The first kappa shape index (κ1) is 21.1. The predicted octanol–water partition coefficient (Wildman–Crippen LogP) is 5.89. The summed E-state index contributed by atoms with van der Waals surface area (Å²) in [4.78, 5) is 12.4. The summed E-state index contributed by atoms with van der Waals surface area (Å²) in [5.74, 6) is -0.260. The first-order chi connectivity index (χ1) is 12.4. The average molecular weight is 371 g/mol. The Hall–Kier alpha value is -2.23. The van der Waals surface area contributed by atoms with Crippen molar-refractivity contribution in [2.75, 3.05) is 11.9 Å². The highest BCUT2D eigenvalue weighted by Crippen LogP contribution is 2.25. The van der Waals surface area contributed by atoms with Crippen molar-refractivity contribution in [2.45, 2.75) is 59.9 Å². The number of carbonyl (C=O) groups excluding carboxylic acids is 1. The number of esters is 1. The number of aryl methyl sites for hydroxylation is 1. The molecule has 0 bridgehead atoms. The molecule has 0 aliphatic rings. The number of ether oxygens (including phenoxy) is 1. The Morgan fingerprint density at radius 1 is 1.04 bits per heavy atom. The molecule has 0 saturated heterocycles. The van der Waals surface area contributed by atoms with Crippen LogP contribution in [0.5, 0.6) is 0 Å². The topological polar surface area (TPSA) is 43.3 Å². The highest BCUT2D eigenvalue weighted by Gasteiger charge is 2.16. The maximum atomic E-state index is 12.4. The van der Waals surface area contributed by atoms with Gasteiger partial charge in [-0.05, 0) is 62.8 Å². The zero-order chi connectivity index (χ0) is 20.2. The molecule has 0 amide bonds. The number of aromatic nitrogens is 1. The van der Waals surface area contributed by atoms with Gasteiger partial charge < -0.3 is 14.6 Å². The third-order valence-electron chi connectivity index (χ3n) is 4.26. The van der Waals surface area contributed by atoms with E-state index in [1.165, 1.54) is 0 Å². The minimum Gasteiger partial charge on any atom is -0.461 e. The molecule has 0 aliphatic carbocycles. The third kappa shape index (κ3) is 6.78. The van der Waals surface area contributed by atoms with Crippen LogP contribution in [-0.4, -0.2) is 22.7 Å². The highest BCUT2D eigenvalue weighted by molar-refractivity contribution is 5.90. The van der Waals surface area contributed by atoms with Gasteiger partial charge in [0.25, 0.3) is 0 Å². The zero-order valence-electron chi connectivity index (χ0n) is 17.8. The zero-order valence-corrected chi connectivity index (χ0v) is 17.8. The Morgan fingerprint density at radius 2 is 1.67 bits per heavy atom. The van der Waals surface area contributed by atoms with Gasteiger partial charge in [-0.1, -0.05) is 32.9 Å². The van der Waals surface area contributed by atoms with Gasteiger partial charge in [-0.2, -0.15) is 0 Å². The standard InChI is InChI=1S/C23H34N2O2/c1-22(2,3)13-8-14-27-21(26)20-15-18(16-25(20)7)17-9-11-19(12-10-17)24-23(4,5)6/h9-12,15-16,24H,8,13-14H2,1-7H3. The van der Waals surface area contributed by atoms with E-state index < -0.39 is 0 Å². The summed E-state index contributed by atoms with van der Waals surface area (Å²) in [6.45, 7) is 13.5. The van der Waals surface area contributed by atoms with E-state index in [1.807, 2.05) is 23.9 Å². The number of nitrogens with zero attached hydrogens (tertiary/aromatic N) is 1. The lowest BCUT2D eigenvalue weighted by Gasteiger charge is -2.22. The summed E-state index contributed by atoms with van der Waals surface area (Å²) in [6, 6.07) is 10.2. The summed E-state index contributed by atoms with van der Waals surface area (Å²) in [7, 11) is 1.88. The predicted molar refractivity (Wildman–Crippen MR) is 113 cm³/mol. The Labute approximate surface area is 163 Å². The lowest BCUT2D eigenvalue weighted by Crippen LogP contribution is -2.25. The molecule has 2 aromatic rings. The number of hydrogen-bond donors (Lipinski definition) is 1. The maximum absolute atomic E-state index is 12.4. The van der Waals surface area contributed by atoms with Gasteiger partial charge in [0, 0.05) is 30.0 Å². The Kier molecular flexibility index (Phi) is 6.40. The fraction of sp³-hybridized carbons (Fsp3) is 0.522. The Morgan fingerprint density at radius 3 is 2.22 bits per heavy atom. The van der Waals surface area contributed by atoms with Crippen LogP contribution in [-0.2, 0) is 11.8 Å². The molecule has 0 atom stereocenters. The van der Waals surface area contributed by atoms with Crippen LogP contribution in [0.1, 0.15) is 64.9 Å². The second-order valence-electron chi connectivity index (χ2n) is 9.48. The van der Waals surface area contributed by atoms with E-state index in [0.29, 0.717) is 12.3 Å². The van der Waals surface area contributed by atoms with Crippen LogP contribution >= 0.6 is 0 Å². The van der Waals surface area contributed by atoms with E-state index in [2.05, 4.69) is 71.1 Å². The molecule has 0 unspecified atom stereocenters. The van der Waals surface area contributed by atoms with Crippen LogP contribution in [0.3, 0.4) is 0 Å². The van der Waals surface area contributed by atoms with E-state index in [0.717, 1.165) is 29.7 Å². The number of anilines is 1. The van der Waals surface area contributed by atoms with Crippen LogP contribution < -0.4 is 5.32 Å². The van der Waals surface area contributed by atoms with Crippen molar-refractivity contribution >= 4 is 11.7 Å². The van der Waals surface area contributed by atoms with Gasteiger partial charge in [0.2, 0.25) is 0 Å². The quantitative estimate of drug-likeness (QED) is 0.509. The maximum Gasteiger partial charge on any atom is 0.354 e. The number of nitrogens with one attached hydrogen (secondary N) is 1. The van der Waals surface area contributed by atoms with Crippen LogP contribution in [0.15, 0.2) is 36.5 Å². The summed E-state index contributed by atoms with van der Waals surface area (Å²) < 4.78 is 7.29. The summed E-state index contributed by atoms with van der Waals surface area (Å²) in [5, 5.41) is 3.45. The Balaban J connectivity index is 2.02. The van der Waals surface area contributed by atoms with Gasteiger partial charge in [0.15, 0.2) is 0 Å². The minimum absolute atomic E-state index is 0.0260. The third-order valence-corrected chi connectivity index (χ3v) is 4.26. The first-order valence-electron chi connectivity index (χ1n) is 9.67. The van der Waals surface area contributed by atoms with Crippen molar-refractivity contribution in [3.05, 3.63) is 42.2 Å². The molecule has 1 N–H and O–H groups in total. The molecular weight excluding hydrogens is 336 g/mol. The van der Waals surface area contributed by atoms with Crippen LogP contribution in [0.2, 0.25) is 0 Å². The lowest BCUT2D eigenvalue weighted by molar-refractivity contribution is 0.0477. The molecule has 0 aliphatic heterocycles. The fourth-order valence-electron chi connectivity index (χ4n) is 2.95. The second kappa shape index (κ2) is 8.20. The molecule has 1 heterocycles. The SMILES string of the molecule is Cn1cc(-c2ccc(NC(C)(C)C)cc2)cc1C(=O)OCCCC(C)(C)C. The first-order valence-corrected chi connectivity index (χ1v) is 9.67. The molecule has 0 radical (unpaired) electrons. The largest absolute Gasteiger partial charge is 0.461 e. The van der Waals surface area contributed by atoms with Crippen LogP contribution in [0, 0.1) is 5.41 Å². The van der Waals surface area contributed by atoms with E-state index in [-0.39, 0.29) is 16.9 Å². The summed E-state index contributed by atoms with van der Waals surface area (Å²) in [6.07, 6.45) is 3.89. The fourth-order valence-corrected chi connectivity index (χ4v) is 2.95. The van der Waals surface area contributed by atoms with Gasteiger partial charge >= 0.3 is 5.97 Å². The molecule has 148 valence electrons. The smallest absolute Gasteiger partial charge is 0.354 e. The summed E-state index contributed by atoms with van der Waals surface area (Å²) in [5.41, 5.74) is 4.05. The average Bonchev–Trinajstić information content (AvgIpc) is 2.91. The van der Waals surface area contributed by atoms with Gasteiger partial charge in [-0.3, -0.25) is 0 Å². The van der Waals surface area contributed by atoms with Gasteiger partial charge in [0.1, 0.15) is 5.69 Å². The molecule has 0 spiro atoms. The second-order valence-corrected chi connectivity index (χ2v) is 9.48. The number of rotatable bonds is 6. The van der Waals surface area contributed by atoms with E-state index >= 15 is 0 Å². The van der Waals surface area contributed by atoms with Crippen molar-refractivity contribution < 1.29 is 9.53 Å². The van der Waals surface area contributed by atoms with Crippen LogP contribution in [0.25, 0.3) is 11.1 Å². The molecule has 4 nitrogen and oxygen atoms in total. The molecule has 1 aromatic heterocycles. The van der Waals surface area contributed by atoms with Crippen molar-refractivity contribution in [2.24, 2.45) is 12.5 Å². The molecular formula is C23H34N2O2. The molecule has 1 aromatic carbocycles. The van der Waals surface area contributed by atoms with E-state index in [9.17, 15) is 4.79 Å². The van der Waals surface area contributed by atoms with E-state index in [1.54, 1.807) is 0 Å². The number of benzene rings is 1. The minimum atomic E-state index is -0.260. The molecule has 0 fully saturated rings. The highest BCUT2D eigenvalue weighted by atomic mass is 16.5. The van der Waals surface area contributed by atoms with E-state index in [4.69, 9.17) is 4.74 Å². The van der Waals surface area contributed by atoms with Crippen molar-refractivity contribution in [3.8, 4) is 11.1 Å². The van der Waals surface area contributed by atoms with Crippen LogP contribution in [0.4, 0.5) is 5.69 Å². The van der Waals surface area contributed by atoms with Gasteiger partial charge in [-0.25, -0.2) is 4.79 Å². The van der Waals surface area contributed by atoms with Gasteiger partial charge in [0.05, 0.1) is 6.61 Å². The normalized spacial score (nSPS) is 12.1. The molecule has 0 saturated carbocycles. The molecule has 4 heteroatoms. The summed E-state index contributed by atoms with van der Waals surface area (Å²) >= 11 is 0. The monoisotopic (exact) mass is 370 g/mol. The molecule has 2 rings (SSSR count). The Bertz CT molecular complexity index is 759. The number of hydrogen-bond acceptors (Lipinski definition) is 3.